The van der Waals surface area contributed by atoms with Gasteiger partial charge in [0.1, 0.15) is 0 Å². The standard InChI is InChI=1S/C16H25NO2/c1-13(2)17(11-12-19-4)10-9-16(18)15-8-6-5-7-14(15)3/h5-8,13H,9-12H2,1-4H3. The van der Waals surface area contributed by atoms with Gasteiger partial charge in [0, 0.05) is 38.2 Å². The van der Waals surface area contributed by atoms with E-state index < -0.39 is 0 Å². The Balaban J connectivity index is 2.54. The summed E-state index contributed by atoms with van der Waals surface area (Å²) in [4.78, 5) is 14.5. The van der Waals surface area contributed by atoms with E-state index in [2.05, 4.69) is 18.7 Å². The Kier molecular flexibility index (Phi) is 6.74. The van der Waals surface area contributed by atoms with E-state index in [9.17, 15) is 4.79 Å². The molecule has 0 aliphatic carbocycles. The number of nitrogens with zero attached hydrogens (tertiary/aromatic N) is 1. The van der Waals surface area contributed by atoms with Gasteiger partial charge in [0.05, 0.1) is 6.61 Å². The van der Waals surface area contributed by atoms with Crippen LogP contribution in [0.25, 0.3) is 0 Å². The van der Waals surface area contributed by atoms with Crippen molar-refractivity contribution in [1.29, 1.82) is 0 Å². The number of carbonyl (C=O) groups is 1. The predicted molar refractivity (Wildman–Crippen MR) is 78.7 cm³/mol. The molecule has 3 nitrogen and oxygen atoms in total. The minimum atomic E-state index is 0.223. The molecule has 0 spiro atoms. The summed E-state index contributed by atoms with van der Waals surface area (Å²) in [6, 6.07) is 8.21. The minimum Gasteiger partial charge on any atom is -0.383 e. The van der Waals surface area contributed by atoms with Crippen LogP contribution in [0.4, 0.5) is 0 Å². The molecule has 3 heteroatoms. The second-order valence-corrected chi connectivity index (χ2v) is 5.11. The van der Waals surface area contributed by atoms with Gasteiger partial charge in [0.15, 0.2) is 5.78 Å². The summed E-state index contributed by atoms with van der Waals surface area (Å²) in [6.45, 7) is 8.64. The Bertz CT molecular complexity index is 401. The van der Waals surface area contributed by atoms with Crippen LogP contribution < -0.4 is 0 Å². The molecular formula is C16H25NO2. The molecule has 1 aromatic rings. The number of Topliss-reactive ketones (excluding diaryl/α,β-unsaturated/α-hetero) is 1. The Morgan fingerprint density at radius 2 is 1.95 bits per heavy atom. The van der Waals surface area contributed by atoms with Gasteiger partial charge >= 0.3 is 0 Å². The molecule has 0 heterocycles. The quantitative estimate of drug-likeness (QED) is 0.675. The molecule has 0 aliphatic heterocycles. The third-order valence-electron chi connectivity index (χ3n) is 3.38. The van der Waals surface area contributed by atoms with E-state index in [4.69, 9.17) is 4.74 Å². The minimum absolute atomic E-state index is 0.223. The van der Waals surface area contributed by atoms with Gasteiger partial charge < -0.3 is 4.74 Å². The maximum absolute atomic E-state index is 12.2. The van der Waals surface area contributed by atoms with Crippen LogP contribution in [0.5, 0.6) is 0 Å². The average Bonchev–Trinajstić information content (AvgIpc) is 2.38. The molecular weight excluding hydrogens is 238 g/mol. The first-order valence-corrected chi connectivity index (χ1v) is 6.88. The molecule has 0 atom stereocenters. The van der Waals surface area contributed by atoms with Crippen LogP contribution in [0.3, 0.4) is 0 Å². The zero-order chi connectivity index (χ0) is 14.3. The van der Waals surface area contributed by atoms with Gasteiger partial charge in [-0.3, -0.25) is 9.69 Å². The molecule has 0 aromatic heterocycles. The lowest BCUT2D eigenvalue weighted by Gasteiger charge is -2.25. The van der Waals surface area contributed by atoms with Gasteiger partial charge in [-0.1, -0.05) is 24.3 Å². The fourth-order valence-corrected chi connectivity index (χ4v) is 2.10. The van der Waals surface area contributed by atoms with E-state index in [-0.39, 0.29) is 5.78 Å². The van der Waals surface area contributed by atoms with E-state index >= 15 is 0 Å². The topological polar surface area (TPSA) is 29.5 Å². The first kappa shape index (κ1) is 15.9. The average molecular weight is 263 g/mol. The molecule has 1 rings (SSSR count). The molecule has 0 bridgehead atoms. The van der Waals surface area contributed by atoms with Crippen molar-refractivity contribution in [2.75, 3.05) is 26.8 Å². The zero-order valence-corrected chi connectivity index (χ0v) is 12.5. The SMILES string of the molecule is COCCN(CCC(=O)c1ccccc1C)C(C)C. The summed E-state index contributed by atoms with van der Waals surface area (Å²) < 4.78 is 5.11. The molecule has 0 aliphatic rings. The summed E-state index contributed by atoms with van der Waals surface area (Å²) >= 11 is 0. The van der Waals surface area contributed by atoms with Crippen LogP contribution in [0.2, 0.25) is 0 Å². The zero-order valence-electron chi connectivity index (χ0n) is 12.5. The molecule has 0 saturated carbocycles. The summed E-state index contributed by atoms with van der Waals surface area (Å²) in [6.07, 6.45) is 0.562. The highest BCUT2D eigenvalue weighted by molar-refractivity contribution is 5.97. The van der Waals surface area contributed by atoms with Crippen LogP contribution in [-0.4, -0.2) is 43.5 Å². The molecule has 0 amide bonds. The third kappa shape index (κ3) is 5.13. The van der Waals surface area contributed by atoms with Crippen molar-refractivity contribution >= 4 is 5.78 Å². The Hall–Kier alpha value is -1.19. The molecule has 0 fully saturated rings. The molecule has 0 N–H and O–H groups in total. The summed E-state index contributed by atoms with van der Waals surface area (Å²) in [5.74, 6) is 0.223. The first-order chi connectivity index (χ1) is 9.06. The van der Waals surface area contributed by atoms with E-state index in [0.29, 0.717) is 19.1 Å². The van der Waals surface area contributed by atoms with Crippen molar-refractivity contribution in [3.05, 3.63) is 35.4 Å². The van der Waals surface area contributed by atoms with Crippen LogP contribution in [0, 0.1) is 6.92 Å². The highest BCUT2D eigenvalue weighted by Gasteiger charge is 2.13. The number of benzene rings is 1. The normalized spacial score (nSPS) is 11.3. The third-order valence-corrected chi connectivity index (χ3v) is 3.38. The maximum atomic E-state index is 12.2. The second-order valence-electron chi connectivity index (χ2n) is 5.11. The Labute approximate surface area is 116 Å². The van der Waals surface area contributed by atoms with Gasteiger partial charge in [0.25, 0.3) is 0 Å². The fraction of sp³-hybridized carbons (Fsp3) is 0.562. The number of hydrogen-bond acceptors (Lipinski definition) is 3. The summed E-state index contributed by atoms with van der Waals surface area (Å²) in [7, 11) is 1.71. The lowest BCUT2D eigenvalue weighted by Crippen LogP contribution is -2.35. The van der Waals surface area contributed by atoms with Crippen molar-refractivity contribution in [3.63, 3.8) is 0 Å². The largest absolute Gasteiger partial charge is 0.383 e. The summed E-state index contributed by atoms with van der Waals surface area (Å²) in [5.41, 5.74) is 1.90. The van der Waals surface area contributed by atoms with Gasteiger partial charge in [-0.25, -0.2) is 0 Å². The Morgan fingerprint density at radius 3 is 2.53 bits per heavy atom. The van der Waals surface area contributed by atoms with Gasteiger partial charge in [-0.15, -0.1) is 0 Å². The molecule has 19 heavy (non-hydrogen) atoms. The molecule has 0 radical (unpaired) electrons. The van der Waals surface area contributed by atoms with Crippen LogP contribution >= 0.6 is 0 Å². The summed E-state index contributed by atoms with van der Waals surface area (Å²) in [5, 5.41) is 0. The number of aryl methyl sites for hydroxylation is 1. The number of methoxy groups -OCH3 is 1. The molecule has 0 saturated heterocycles. The fourth-order valence-electron chi connectivity index (χ4n) is 2.10. The van der Waals surface area contributed by atoms with Crippen LogP contribution in [-0.2, 0) is 4.74 Å². The van der Waals surface area contributed by atoms with Crippen molar-refractivity contribution in [2.24, 2.45) is 0 Å². The van der Waals surface area contributed by atoms with E-state index in [1.54, 1.807) is 7.11 Å². The molecule has 1 aromatic carbocycles. The van der Waals surface area contributed by atoms with Crippen molar-refractivity contribution < 1.29 is 9.53 Å². The number of hydrogen-bond donors (Lipinski definition) is 0. The predicted octanol–water partition coefficient (Wildman–Crippen LogP) is 2.92. The molecule has 0 unspecified atom stereocenters. The first-order valence-electron chi connectivity index (χ1n) is 6.88. The lowest BCUT2D eigenvalue weighted by atomic mass is 10.0. The number of rotatable bonds is 8. The number of ketones is 1. The van der Waals surface area contributed by atoms with E-state index in [1.165, 1.54) is 0 Å². The van der Waals surface area contributed by atoms with Gasteiger partial charge in [-0.05, 0) is 26.3 Å². The second kappa shape index (κ2) is 8.08. The van der Waals surface area contributed by atoms with E-state index in [0.717, 1.165) is 24.2 Å². The van der Waals surface area contributed by atoms with Crippen LogP contribution in [0.1, 0.15) is 36.2 Å². The van der Waals surface area contributed by atoms with Crippen molar-refractivity contribution in [1.82, 2.24) is 4.90 Å². The molecule has 106 valence electrons. The van der Waals surface area contributed by atoms with E-state index in [1.807, 2.05) is 31.2 Å². The highest BCUT2D eigenvalue weighted by Crippen LogP contribution is 2.11. The van der Waals surface area contributed by atoms with Gasteiger partial charge in [-0.2, -0.15) is 0 Å². The van der Waals surface area contributed by atoms with Crippen molar-refractivity contribution in [3.8, 4) is 0 Å². The Morgan fingerprint density at radius 1 is 1.26 bits per heavy atom. The number of carbonyl (C=O) groups excluding carboxylic acids is 1. The lowest BCUT2D eigenvalue weighted by molar-refractivity contribution is 0.0927. The highest BCUT2D eigenvalue weighted by atomic mass is 16.5. The monoisotopic (exact) mass is 263 g/mol. The maximum Gasteiger partial charge on any atom is 0.164 e. The number of ether oxygens (including phenoxy) is 1. The van der Waals surface area contributed by atoms with Crippen LogP contribution in [0.15, 0.2) is 24.3 Å². The van der Waals surface area contributed by atoms with Gasteiger partial charge in [0.2, 0.25) is 0 Å². The van der Waals surface area contributed by atoms with Crippen molar-refractivity contribution in [2.45, 2.75) is 33.2 Å². The smallest absolute Gasteiger partial charge is 0.164 e.